The van der Waals surface area contributed by atoms with Crippen LogP contribution in [0.25, 0.3) is 0 Å². The quantitative estimate of drug-likeness (QED) is 0.748. The van der Waals surface area contributed by atoms with E-state index in [-0.39, 0.29) is 12.3 Å². The van der Waals surface area contributed by atoms with Crippen LogP contribution in [0.5, 0.6) is 5.75 Å². The van der Waals surface area contributed by atoms with Gasteiger partial charge in [0.15, 0.2) is 0 Å². The maximum Gasteiger partial charge on any atom is 0.419 e. The molecule has 0 amide bonds. The molecule has 1 aromatic carbocycles. The number of hydrogen-bond acceptors (Lipinski definition) is 2. The monoisotopic (exact) mass is 229 g/mol. The van der Waals surface area contributed by atoms with E-state index in [9.17, 15) is 13.2 Å². The first kappa shape index (κ1) is 12.4. The van der Waals surface area contributed by atoms with Gasteiger partial charge in [-0.3, -0.25) is 0 Å². The van der Waals surface area contributed by atoms with E-state index in [2.05, 4.69) is 16.6 Å². The standard InChI is InChI=1S/C11H10F3NO/c1-16-10-7-8(3-2-6-15)4-5-9(10)11(12,13)14/h4-5,7H,6,15H2,1H3. The second kappa shape index (κ2) is 4.90. The van der Waals surface area contributed by atoms with Crippen LogP contribution in [0.2, 0.25) is 0 Å². The van der Waals surface area contributed by atoms with Gasteiger partial charge in [-0.25, -0.2) is 0 Å². The summed E-state index contributed by atoms with van der Waals surface area (Å²) in [7, 11) is 1.19. The first-order valence-corrected chi connectivity index (χ1v) is 4.43. The van der Waals surface area contributed by atoms with Crippen molar-refractivity contribution in [2.75, 3.05) is 13.7 Å². The molecular formula is C11H10F3NO. The van der Waals surface area contributed by atoms with Crippen LogP contribution in [0.1, 0.15) is 11.1 Å². The highest BCUT2D eigenvalue weighted by molar-refractivity contribution is 5.45. The van der Waals surface area contributed by atoms with Gasteiger partial charge in [0.25, 0.3) is 0 Å². The van der Waals surface area contributed by atoms with Crippen molar-refractivity contribution in [1.29, 1.82) is 0 Å². The molecule has 0 spiro atoms. The molecule has 0 radical (unpaired) electrons. The van der Waals surface area contributed by atoms with Crippen LogP contribution in [-0.4, -0.2) is 13.7 Å². The molecule has 86 valence electrons. The Kier molecular flexibility index (Phi) is 3.80. The summed E-state index contributed by atoms with van der Waals surface area (Å²) >= 11 is 0. The Bertz CT molecular complexity index is 429. The van der Waals surface area contributed by atoms with Gasteiger partial charge in [-0.05, 0) is 18.2 Å². The summed E-state index contributed by atoms with van der Waals surface area (Å²) in [4.78, 5) is 0. The summed E-state index contributed by atoms with van der Waals surface area (Å²) in [5.41, 5.74) is 4.79. The molecule has 1 aromatic rings. The van der Waals surface area contributed by atoms with Crippen molar-refractivity contribution in [1.82, 2.24) is 0 Å². The van der Waals surface area contributed by atoms with E-state index in [0.717, 1.165) is 6.07 Å². The highest BCUT2D eigenvalue weighted by atomic mass is 19.4. The Morgan fingerprint density at radius 1 is 1.38 bits per heavy atom. The number of ether oxygens (including phenoxy) is 1. The van der Waals surface area contributed by atoms with Crippen LogP contribution in [0.3, 0.4) is 0 Å². The van der Waals surface area contributed by atoms with Crippen LogP contribution in [0.15, 0.2) is 18.2 Å². The smallest absolute Gasteiger partial charge is 0.419 e. The third-order valence-electron chi connectivity index (χ3n) is 1.84. The van der Waals surface area contributed by atoms with Gasteiger partial charge in [0.1, 0.15) is 5.75 Å². The van der Waals surface area contributed by atoms with Gasteiger partial charge in [0, 0.05) is 5.56 Å². The fourth-order valence-electron chi connectivity index (χ4n) is 1.16. The molecule has 1 rings (SSSR count). The Morgan fingerprint density at radius 3 is 2.56 bits per heavy atom. The molecular weight excluding hydrogens is 219 g/mol. The predicted molar refractivity (Wildman–Crippen MR) is 53.9 cm³/mol. The Balaban J connectivity index is 3.17. The number of methoxy groups -OCH3 is 1. The summed E-state index contributed by atoms with van der Waals surface area (Å²) in [6.07, 6.45) is -4.43. The van der Waals surface area contributed by atoms with Gasteiger partial charge in [-0.1, -0.05) is 11.8 Å². The Hall–Kier alpha value is -1.67. The number of alkyl halides is 3. The van der Waals surface area contributed by atoms with E-state index < -0.39 is 11.7 Å². The van der Waals surface area contributed by atoms with E-state index >= 15 is 0 Å². The molecule has 0 aliphatic rings. The van der Waals surface area contributed by atoms with E-state index in [1.54, 1.807) is 0 Å². The maximum atomic E-state index is 12.5. The zero-order chi connectivity index (χ0) is 12.2. The van der Waals surface area contributed by atoms with Crippen molar-refractivity contribution in [3.05, 3.63) is 29.3 Å². The molecule has 5 heteroatoms. The van der Waals surface area contributed by atoms with E-state index in [4.69, 9.17) is 5.73 Å². The summed E-state index contributed by atoms with van der Waals surface area (Å²) < 4.78 is 42.1. The first-order valence-electron chi connectivity index (χ1n) is 4.43. The highest BCUT2D eigenvalue weighted by Gasteiger charge is 2.34. The third kappa shape index (κ3) is 2.91. The van der Waals surface area contributed by atoms with Gasteiger partial charge in [0.2, 0.25) is 0 Å². The molecule has 0 saturated heterocycles. The van der Waals surface area contributed by atoms with Gasteiger partial charge < -0.3 is 10.5 Å². The normalized spacial score (nSPS) is 10.6. The van der Waals surface area contributed by atoms with Crippen molar-refractivity contribution in [2.24, 2.45) is 5.73 Å². The van der Waals surface area contributed by atoms with E-state index in [1.165, 1.54) is 19.2 Å². The average Bonchev–Trinajstić information content (AvgIpc) is 2.24. The lowest BCUT2D eigenvalue weighted by Gasteiger charge is -2.11. The lowest BCUT2D eigenvalue weighted by Crippen LogP contribution is -2.07. The lowest BCUT2D eigenvalue weighted by atomic mass is 10.1. The largest absolute Gasteiger partial charge is 0.496 e. The molecule has 16 heavy (non-hydrogen) atoms. The minimum Gasteiger partial charge on any atom is -0.496 e. The van der Waals surface area contributed by atoms with Crippen LogP contribution in [0.4, 0.5) is 13.2 Å². The summed E-state index contributed by atoms with van der Waals surface area (Å²) in [6.45, 7) is 0.156. The molecule has 0 atom stereocenters. The summed E-state index contributed by atoms with van der Waals surface area (Å²) in [6, 6.07) is 3.47. The number of hydrogen-bond donors (Lipinski definition) is 1. The van der Waals surface area contributed by atoms with Crippen LogP contribution in [0, 0.1) is 11.8 Å². The fourth-order valence-corrected chi connectivity index (χ4v) is 1.16. The molecule has 2 nitrogen and oxygen atoms in total. The second-order valence-electron chi connectivity index (χ2n) is 2.92. The van der Waals surface area contributed by atoms with E-state index in [1.807, 2.05) is 0 Å². The van der Waals surface area contributed by atoms with Gasteiger partial charge >= 0.3 is 6.18 Å². The molecule has 0 unspecified atom stereocenters. The number of nitrogens with two attached hydrogens (primary N) is 1. The molecule has 0 fully saturated rings. The van der Waals surface area contributed by atoms with Crippen molar-refractivity contribution in [3.8, 4) is 17.6 Å². The van der Waals surface area contributed by atoms with Crippen LogP contribution >= 0.6 is 0 Å². The number of halogens is 3. The van der Waals surface area contributed by atoms with Crippen LogP contribution in [-0.2, 0) is 6.18 Å². The topological polar surface area (TPSA) is 35.2 Å². The summed E-state index contributed by atoms with van der Waals surface area (Å²) in [5.74, 6) is 4.95. The van der Waals surface area contributed by atoms with Crippen molar-refractivity contribution in [2.45, 2.75) is 6.18 Å². The molecule has 0 saturated carbocycles. The second-order valence-corrected chi connectivity index (χ2v) is 2.92. The number of benzene rings is 1. The lowest BCUT2D eigenvalue weighted by molar-refractivity contribution is -0.138. The first-order chi connectivity index (χ1) is 7.49. The molecule has 0 aliphatic heterocycles. The Morgan fingerprint density at radius 2 is 2.06 bits per heavy atom. The molecule has 0 bridgehead atoms. The minimum absolute atomic E-state index is 0.156. The van der Waals surface area contributed by atoms with Gasteiger partial charge in [0.05, 0.1) is 19.2 Å². The van der Waals surface area contributed by atoms with Crippen LogP contribution < -0.4 is 10.5 Å². The molecule has 0 aliphatic carbocycles. The average molecular weight is 229 g/mol. The van der Waals surface area contributed by atoms with Crippen molar-refractivity contribution in [3.63, 3.8) is 0 Å². The van der Waals surface area contributed by atoms with Crippen molar-refractivity contribution >= 4 is 0 Å². The van der Waals surface area contributed by atoms with Gasteiger partial charge in [-0.15, -0.1) is 0 Å². The zero-order valence-corrected chi connectivity index (χ0v) is 8.56. The molecule has 0 aromatic heterocycles. The molecule has 2 N–H and O–H groups in total. The maximum absolute atomic E-state index is 12.5. The SMILES string of the molecule is COc1cc(C#CCN)ccc1C(F)(F)F. The number of rotatable bonds is 1. The minimum atomic E-state index is -4.43. The fraction of sp³-hybridized carbons (Fsp3) is 0.273. The van der Waals surface area contributed by atoms with E-state index in [0.29, 0.717) is 5.56 Å². The van der Waals surface area contributed by atoms with Gasteiger partial charge in [-0.2, -0.15) is 13.2 Å². The highest BCUT2D eigenvalue weighted by Crippen LogP contribution is 2.36. The van der Waals surface area contributed by atoms with Crippen molar-refractivity contribution < 1.29 is 17.9 Å². The third-order valence-corrected chi connectivity index (χ3v) is 1.84. The Labute approximate surface area is 91.2 Å². The molecule has 0 heterocycles. The predicted octanol–water partition coefficient (Wildman–Crippen LogP) is 2.02. The zero-order valence-electron chi connectivity index (χ0n) is 8.56. The summed E-state index contributed by atoms with van der Waals surface area (Å²) in [5, 5.41) is 0.